The number of sulfonamides is 1. The summed E-state index contributed by atoms with van der Waals surface area (Å²) in [5.41, 5.74) is 1.07. The molecule has 0 aliphatic rings. The highest BCUT2D eigenvalue weighted by Crippen LogP contribution is 2.24. The first-order chi connectivity index (χ1) is 20.5. The summed E-state index contributed by atoms with van der Waals surface area (Å²) in [7, 11) is -4.94. The van der Waals surface area contributed by atoms with Crippen molar-refractivity contribution in [3.63, 3.8) is 0 Å². The first kappa shape index (κ1) is 33.6. The Hall–Kier alpha value is -3.88. The van der Waals surface area contributed by atoms with Crippen molar-refractivity contribution in [2.45, 2.75) is 56.2 Å². The lowest BCUT2D eigenvalue weighted by molar-refractivity contribution is -0.142. The summed E-state index contributed by atoms with van der Waals surface area (Å²) in [4.78, 5) is 28.6. The molecule has 1 unspecified atom stereocenters. The van der Waals surface area contributed by atoms with Crippen molar-refractivity contribution >= 4 is 51.3 Å². The zero-order valence-corrected chi connectivity index (χ0v) is 24.7. The number of nitrogens with zero attached hydrogens (tertiary/aromatic N) is 1. The molecule has 4 rings (SSSR count). The Balaban J connectivity index is 0.00000162. The van der Waals surface area contributed by atoms with Gasteiger partial charge in [0.05, 0.1) is 24.1 Å². The molecule has 0 saturated carbocycles. The molecule has 3 atom stereocenters. The number of carbonyl (C=O) groups excluding carboxylic acids is 1. The summed E-state index contributed by atoms with van der Waals surface area (Å²) < 4.78 is 29.9. The van der Waals surface area contributed by atoms with Crippen LogP contribution in [0.1, 0.15) is 32.3 Å². The summed E-state index contributed by atoms with van der Waals surface area (Å²) in [6.07, 6.45) is -0.137. The molecule has 228 valence electrons. The van der Waals surface area contributed by atoms with E-state index in [1.165, 1.54) is 12.3 Å². The number of nitrogens with one attached hydrogen (secondary N) is 2. The van der Waals surface area contributed by atoms with Gasteiger partial charge in [0, 0.05) is 11.6 Å². The van der Waals surface area contributed by atoms with Gasteiger partial charge in [0.2, 0.25) is 15.9 Å². The molecule has 11 nitrogen and oxygen atoms in total. The van der Waals surface area contributed by atoms with Crippen LogP contribution >= 0.6 is 0 Å². The predicted octanol–water partition coefficient (Wildman–Crippen LogP) is 1.88. The highest BCUT2D eigenvalue weighted by molar-refractivity contribution is 7.89. The van der Waals surface area contributed by atoms with Gasteiger partial charge >= 0.3 is 13.7 Å². The second-order valence-electron chi connectivity index (χ2n) is 10.4. The molecule has 1 aromatic heterocycles. The average Bonchev–Trinajstić information content (AvgIpc) is 2.96. The number of aromatic nitrogens is 1. The minimum atomic E-state index is -4.19. The van der Waals surface area contributed by atoms with Gasteiger partial charge in [-0.2, -0.15) is 0 Å². The summed E-state index contributed by atoms with van der Waals surface area (Å²) in [6.45, 7) is 3.68. The number of para-hydroxylation sites is 1. The number of hydrogen-bond donors (Lipinski definition) is 6. The van der Waals surface area contributed by atoms with E-state index in [1.54, 1.807) is 24.3 Å². The van der Waals surface area contributed by atoms with Crippen molar-refractivity contribution in [1.29, 1.82) is 0 Å². The van der Waals surface area contributed by atoms with Crippen LogP contribution in [0.15, 0.2) is 83.9 Å². The Morgan fingerprint density at radius 2 is 1.56 bits per heavy atom. The Labute approximate surface area is 251 Å². The molecule has 43 heavy (non-hydrogen) atoms. The van der Waals surface area contributed by atoms with Gasteiger partial charge in [-0.1, -0.05) is 74.5 Å². The molecule has 0 aliphatic carbocycles. The number of aliphatic carboxylic acids is 1. The summed E-state index contributed by atoms with van der Waals surface area (Å²) in [6, 6.07) is 19.3. The van der Waals surface area contributed by atoms with E-state index in [-0.39, 0.29) is 29.2 Å². The summed E-state index contributed by atoms with van der Waals surface area (Å²) in [5.74, 6) is -1.84. The van der Waals surface area contributed by atoms with Crippen LogP contribution in [0.4, 0.5) is 0 Å². The number of fused-ring (bicyclic) bond motifs is 2. The molecule has 13 heteroatoms. The van der Waals surface area contributed by atoms with Gasteiger partial charge < -0.3 is 25.6 Å². The van der Waals surface area contributed by atoms with Gasteiger partial charge in [-0.25, -0.2) is 17.9 Å². The van der Waals surface area contributed by atoms with Gasteiger partial charge in [0.25, 0.3) is 0 Å². The molecular formula is C30H36BN3O8S. The van der Waals surface area contributed by atoms with Crippen LogP contribution in [-0.2, 0) is 26.0 Å². The smallest absolute Gasteiger partial charge is 0.432 e. The van der Waals surface area contributed by atoms with Gasteiger partial charge in [-0.3, -0.25) is 9.78 Å². The summed E-state index contributed by atoms with van der Waals surface area (Å²) >= 11 is 0. The van der Waals surface area contributed by atoms with E-state index >= 15 is 0 Å². The lowest BCUT2D eigenvalue weighted by atomic mass is 9.95. The van der Waals surface area contributed by atoms with E-state index in [1.807, 2.05) is 56.3 Å². The third kappa shape index (κ3) is 9.30. The zero-order chi connectivity index (χ0) is 31.6. The molecular weight excluding hydrogens is 573 g/mol. The number of benzene rings is 3. The quantitative estimate of drug-likeness (QED) is 0.131. The number of carboxylic acids is 1. The monoisotopic (exact) mass is 609 g/mol. The van der Waals surface area contributed by atoms with Crippen LogP contribution in [0.3, 0.4) is 0 Å². The molecule has 4 aromatic rings. The van der Waals surface area contributed by atoms with E-state index in [2.05, 4.69) is 15.0 Å². The van der Waals surface area contributed by atoms with E-state index < -0.39 is 54.2 Å². The maximum Gasteiger partial charge on any atom is 0.432 e. The van der Waals surface area contributed by atoms with Crippen LogP contribution in [-0.4, -0.2) is 71.4 Å². The molecule has 1 amide bonds. The van der Waals surface area contributed by atoms with Crippen LogP contribution < -0.4 is 10.0 Å². The van der Waals surface area contributed by atoms with Crippen LogP contribution in [0.25, 0.3) is 21.7 Å². The second kappa shape index (κ2) is 15.6. The van der Waals surface area contributed by atoms with Gasteiger partial charge in [-0.15, -0.1) is 0 Å². The topological polar surface area (TPSA) is 186 Å². The SMILES string of the molecule is CC(C)C[C@H](NC(=O)C[C@H](O)C(Cc1cccc2ccccc12)NS(=O)(=O)c1cccc2cccnc12)C(=O)O.OBO. The summed E-state index contributed by atoms with van der Waals surface area (Å²) in [5, 5.41) is 39.9. The van der Waals surface area contributed by atoms with Crippen molar-refractivity contribution in [3.8, 4) is 0 Å². The Morgan fingerprint density at radius 1 is 0.930 bits per heavy atom. The largest absolute Gasteiger partial charge is 0.480 e. The highest BCUT2D eigenvalue weighted by atomic mass is 32.2. The molecule has 0 saturated heterocycles. The fourth-order valence-electron chi connectivity index (χ4n) is 4.80. The molecule has 0 aliphatic heterocycles. The number of hydrogen-bond acceptors (Lipinski definition) is 8. The number of aliphatic hydroxyl groups excluding tert-OH is 1. The van der Waals surface area contributed by atoms with Gasteiger partial charge in [0.1, 0.15) is 10.9 Å². The third-order valence-electron chi connectivity index (χ3n) is 6.71. The molecule has 6 N–H and O–H groups in total. The number of pyridine rings is 1. The fourth-order valence-corrected chi connectivity index (χ4v) is 6.25. The van der Waals surface area contributed by atoms with Crippen molar-refractivity contribution in [2.24, 2.45) is 5.92 Å². The average molecular weight is 610 g/mol. The van der Waals surface area contributed by atoms with Crippen molar-refractivity contribution in [3.05, 3.63) is 84.6 Å². The van der Waals surface area contributed by atoms with Crippen LogP contribution in [0.2, 0.25) is 0 Å². The standard InChI is InChI=1S/C30H33N3O6S.BH3O2/c1-19(2)16-25(30(36)37)32-28(35)18-26(34)24(17-22-11-5-9-20-8-3-4-13-23(20)22)33-40(38,39)27-14-6-10-21-12-7-15-31-29(21)27;2-1-3/h3-15,19,24-26,33-34H,16-18H2,1-2H3,(H,32,35)(H,36,37);1-3H/t24?,25-,26-;/m0./s1. The lowest BCUT2D eigenvalue weighted by Gasteiger charge is -2.25. The van der Waals surface area contributed by atoms with Crippen LogP contribution in [0, 0.1) is 5.92 Å². The maximum atomic E-state index is 13.6. The number of carbonyl (C=O) groups is 2. The number of amides is 1. The third-order valence-corrected chi connectivity index (χ3v) is 8.23. The number of aliphatic hydroxyl groups is 1. The Morgan fingerprint density at radius 3 is 2.26 bits per heavy atom. The second-order valence-corrected chi connectivity index (χ2v) is 12.1. The molecule has 0 spiro atoms. The van der Waals surface area contributed by atoms with Crippen molar-refractivity contribution < 1.29 is 38.3 Å². The van der Waals surface area contributed by atoms with Crippen molar-refractivity contribution in [1.82, 2.24) is 15.0 Å². The van der Waals surface area contributed by atoms with E-state index in [0.29, 0.717) is 5.39 Å². The molecule has 0 bridgehead atoms. The normalized spacial score (nSPS) is 13.5. The maximum absolute atomic E-state index is 13.6. The Bertz CT molecular complexity index is 1640. The van der Waals surface area contributed by atoms with Gasteiger partial charge in [0.15, 0.2) is 0 Å². The molecule has 3 aromatic carbocycles. The van der Waals surface area contributed by atoms with E-state index in [0.717, 1.165) is 16.3 Å². The first-order valence-electron chi connectivity index (χ1n) is 13.7. The molecule has 0 fully saturated rings. The molecule has 1 heterocycles. The Kier molecular flexibility index (Phi) is 12.2. The van der Waals surface area contributed by atoms with E-state index in [4.69, 9.17) is 10.0 Å². The minimum Gasteiger partial charge on any atom is -0.480 e. The number of rotatable bonds is 12. The fraction of sp³-hybridized carbons (Fsp3) is 0.300. The van der Waals surface area contributed by atoms with Crippen LogP contribution in [0.5, 0.6) is 0 Å². The first-order valence-corrected chi connectivity index (χ1v) is 15.2. The highest BCUT2D eigenvalue weighted by Gasteiger charge is 2.31. The lowest BCUT2D eigenvalue weighted by Crippen LogP contribution is -2.48. The minimum absolute atomic E-state index is 0.0200. The zero-order valence-electron chi connectivity index (χ0n) is 23.9. The predicted molar refractivity (Wildman–Crippen MR) is 165 cm³/mol. The van der Waals surface area contributed by atoms with Crippen molar-refractivity contribution in [2.75, 3.05) is 0 Å². The van der Waals surface area contributed by atoms with E-state index in [9.17, 15) is 28.2 Å². The molecule has 0 radical (unpaired) electrons. The number of carboxylic acid groups (broad SMARTS) is 1. The van der Waals surface area contributed by atoms with Gasteiger partial charge in [-0.05, 0) is 47.2 Å².